The van der Waals surface area contributed by atoms with Gasteiger partial charge in [-0.3, -0.25) is 0 Å². The average Bonchev–Trinajstić information content (AvgIpc) is 2.98. The summed E-state index contributed by atoms with van der Waals surface area (Å²) < 4.78 is 30.1. The molecule has 7 nitrogen and oxygen atoms in total. The van der Waals surface area contributed by atoms with E-state index in [0.717, 1.165) is 25.7 Å². The Balaban J connectivity index is 2.69. The van der Waals surface area contributed by atoms with Crippen molar-refractivity contribution in [3.05, 3.63) is 0 Å². The van der Waals surface area contributed by atoms with Crippen LogP contribution in [0.2, 0.25) is 0 Å². The number of carbonyl (C=O) groups excluding carboxylic acids is 1. The van der Waals surface area contributed by atoms with Crippen molar-refractivity contribution in [3.8, 4) is 0 Å². The van der Waals surface area contributed by atoms with E-state index in [1.165, 1.54) is 0 Å². The molecule has 1 aliphatic carbocycles. The monoisotopic (exact) mass is 363 g/mol. The van der Waals surface area contributed by atoms with E-state index >= 15 is 0 Å². The molecule has 140 valence electrons. The highest BCUT2D eigenvalue weighted by Crippen LogP contribution is 2.21. The lowest BCUT2D eigenvalue weighted by Crippen LogP contribution is -2.47. The molecule has 0 aromatic carbocycles. The van der Waals surface area contributed by atoms with Crippen LogP contribution in [0.25, 0.3) is 0 Å². The van der Waals surface area contributed by atoms with Gasteiger partial charge in [-0.1, -0.05) is 26.7 Å². The Hall–Kier alpha value is -1.31. The van der Waals surface area contributed by atoms with Crippen LogP contribution in [0.3, 0.4) is 0 Å². The van der Waals surface area contributed by atoms with Gasteiger partial charge in [-0.25, -0.2) is 18.0 Å². The summed E-state index contributed by atoms with van der Waals surface area (Å²) in [7, 11) is -3.61. The number of aliphatic carboxylic acids is 1. The topological polar surface area (TPSA) is 110 Å². The van der Waals surface area contributed by atoms with Crippen molar-refractivity contribution in [2.24, 2.45) is 0 Å². The van der Waals surface area contributed by atoms with Crippen LogP contribution in [0.1, 0.15) is 65.2 Å². The normalized spacial score (nSPS) is 17.0. The minimum atomic E-state index is -3.61. The summed E-state index contributed by atoms with van der Waals surface area (Å²) >= 11 is 0. The highest BCUT2D eigenvalue weighted by Gasteiger charge is 2.33. The Labute approximate surface area is 144 Å². The van der Waals surface area contributed by atoms with Gasteiger partial charge in [-0.2, -0.15) is 0 Å². The zero-order valence-corrected chi connectivity index (χ0v) is 15.3. The molecule has 1 saturated carbocycles. The van der Waals surface area contributed by atoms with Crippen molar-refractivity contribution in [1.82, 2.24) is 5.32 Å². The van der Waals surface area contributed by atoms with Crippen molar-refractivity contribution < 1.29 is 27.9 Å². The number of hydrogen-bond acceptors (Lipinski definition) is 5. The highest BCUT2D eigenvalue weighted by atomic mass is 32.2. The number of hydrogen-bond donors (Lipinski definition) is 2. The maximum Gasteiger partial charge on any atom is 0.408 e. The van der Waals surface area contributed by atoms with Crippen molar-refractivity contribution in [3.63, 3.8) is 0 Å². The second kappa shape index (κ2) is 9.86. The number of sulfone groups is 1. The number of nitrogens with one attached hydrogen (secondary N) is 1. The van der Waals surface area contributed by atoms with Gasteiger partial charge in [0.25, 0.3) is 0 Å². The molecule has 0 aromatic rings. The molecular formula is C16H29NO6S. The van der Waals surface area contributed by atoms with Crippen molar-refractivity contribution in [2.45, 2.75) is 82.6 Å². The molecular weight excluding hydrogens is 334 g/mol. The van der Waals surface area contributed by atoms with Gasteiger partial charge in [-0.15, -0.1) is 0 Å². The van der Waals surface area contributed by atoms with Crippen LogP contribution in [0.4, 0.5) is 4.79 Å². The van der Waals surface area contributed by atoms with Crippen molar-refractivity contribution in [2.75, 3.05) is 5.75 Å². The van der Waals surface area contributed by atoms with E-state index < -0.39 is 38.9 Å². The van der Waals surface area contributed by atoms with E-state index in [2.05, 4.69) is 5.32 Å². The Bertz CT molecular complexity index is 507. The predicted molar refractivity (Wildman–Crippen MR) is 90.7 cm³/mol. The Morgan fingerprint density at radius 1 is 1.17 bits per heavy atom. The molecule has 0 heterocycles. The van der Waals surface area contributed by atoms with E-state index in [1.54, 1.807) is 0 Å². The van der Waals surface area contributed by atoms with Gasteiger partial charge in [0.1, 0.15) is 12.1 Å². The number of carboxylic acids is 1. The second-order valence-electron chi connectivity index (χ2n) is 6.38. The third kappa shape index (κ3) is 6.67. The average molecular weight is 363 g/mol. The van der Waals surface area contributed by atoms with Crippen molar-refractivity contribution in [1.29, 1.82) is 0 Å². The van der Waals surface area contributed by atoms with Crippen LogP contribution in [0, 0.1) is 0 Å². The lowest BCUT2D eigenvalue weighted by molar-refractivity contribution is -0.138. The summed E-state index contributed by atoms with van der Waals surface area (Å²) in [5.74, 6) is -1.97. The van der Waals surface area contributed by atoms with Crippen LogP contribution in [0.15, 0.2) is 0 Å². The molecule has 1 unspecified atom stereocenters. The lowest BCUT2D eigenvalue weighted by Gasteiger charge is -2.21. The maximum atomic E-state index is 12.5. The third-order valence-electron chi connectivity index (χ3n) is 4.29. The molecule has 0 radical (unpaired) electrons. The number of carbonyl (C=O) groups is 2. The maximum absolute atomic E-state index is 12.5. The first kappa shape index (κ1) is 20.7. The molecule has 1 amide bonds. The molecule has 1 fully saturated rings. The first-order valence-corrected chi connectivity index (χ1v) is 10.4. The first-order chi connectivity index (χ1) is 11.3. The van der Waals surface area contributed by atoms with Crippen LogP contribution in [-0.4, -0.2) is 48.7 Å². The second-order valence-corrected chi connectivity index (χ2v) is 8.70. The summed E-state index contributed by atoms with van der Waals surface area (Å²) in [5, 5.41) is 10.9. The standard InChI is InChI=1S/C16H29NO6S/c1-3-7-13(8-4-2)24(21,22)11-14(15(18)19)17-16(20)23-12-9-5-6-10-12/h12-14H,3-11H2,1-2H3,(H,17,20)(H,18,19). The third-order valence-corrected chi connectivity index (χ3v) is 6.58. The minimum absolute atomic E-state index is 0.205. The molecule has 0 bridgehead atoms. The van der Waals surface area contributed by atoms with Gasteiger partial charge in [0, 0.05) is 0 Å². The molecule has 1 aliphatic rings. The number of carboxylic acid groups (broad SMARTS) is 1. The summed E-state index contributed by atoms with van der Waals surface area (Å²) in [6.45, 7) is 3.79. The Morgan fingerprint density at radius 3 is 2.17 bits per heavy atom. The van der Waals surface area contributed by atoms with Gasteiger partial charge < -0.3 is 15.2 Å². The Kier molecular flexibility index (Phi) is 8.52. The number of amides is 1. The summed E-state index contributed by atoms with van der Waals surface area (Å²) in [5.41, 5.74) is 0. The largest absolute Gasteiger partial charge is 0.480 e. The van der Waals surface area contributed by atoms with Crippen LogP contribution in [-0.2, 0) is 19.4 Å². The zero-order chi connectivity index (χ0) is 18.2. The molecule has 24 heavy (non-hydrogen) atoms. The molecule has 1 rings (SSSR count). The van der Waals surface area contributed by atoms with Gasteiger partial charge in [0.15, 0.2) is 9.84 Å². The fourth-order valence-corrected chi connectivity index (χ4v) is 5.18. The summed E-state index contributed by atoms with van der Waals surface area (Å²) in [6, 6.07) is -1.49. The Morgan fingerprint density at radius 2 is 1.71 bits per heavy atom. The zero-order valence-electron chi connectivity index (χ0n) is 14.5. The molecule has 2 N–H and O–H groups in total. The van der Waals surface area contributed by atoms with Gasteiger partial charge in [0.2, 0.25) is 0 Å². The van der Waals surface area contributed by atoms with Crippen LogP contribution < -0.4 is 5.32 Å². The van der Waals surface area contributed by atoms with Gasteiger partial charge in [0.05, 0.1) is 11.0 Å². The summed E-state index contributed by atoms with van der Waals surface area (Å²) in [6.07, 6.45) is 4.82. The number of rotatable bonds is 10. The predicted octanol–water partition coefficient (Wildman–Crippen LogP) is 2.49. The van der Waals surface area contributed by atoms with Gasteiger partial charge >= 0.3 is 12.1 Å². The minimum Gasteiger partial charge on any atom is -0.480 e. The fourth-order valence-electron chi connectivity index (χ4n) is 3.02. The molecule has 0 spiro atoms. The number of alkyl carbamates (subject to hydrolysis) is 1. The van der Waals surface area contributed by atoms with E-state index in [9.17, 15) is 23.1 Å². The van der Waals surface area contributed by atoms with Crippen LogP contribution >= 0.6 is 0 Å². The lowest BCUT2D eigenvalue weighted by atomic mass is 10.2. The molecule has 0 saturated heterocycles. The number of ether oxygens (including phenoxy) is 1. The quantitative estimate of drug-likeness (QED) is 0.617. The van der Waals surface area contributed by atoms with Gasteiger partial charge in [-0.05, 0) is 38.5 Å². The van der Waals surface area contributed by atoms with Crippen LogP contribution in [0.5, 0.6) is 0 Å². The SMILES string of the molecule is CCCC(CCC)S(=O)(=O)CC(NC(=O)OC1CCCC1)C(=O)O. The molecule has 8 heteroatoms. The summed E-state index contributed by atoms with van der Waals surface area (Å²) in [4.78, 5) is 23.2. The first-order valence-electron chi connectivity index (χ1n) is 8.71. The smallest absolute Gasteiger partial charge is 0.408 e. The van der Waals surface area contributed by atoms with E-state index in [1.807, 2.05) is 13.8 Å². The molecule has 0 aromatic heterocycles. The molecule has 0 aliphatic heterocycles. The van der Waals surface area contributed by atoms with E-state index in [4.69, 9.17) is 4.74 Å². The van der Waals surface area contributed by atoms with Crippen molar-refractivity contribution >= 4 is 21.9 Å². The van der Waals surface area contributed by atoms with E-state index in [-0.39, 0.29) is 6.10 Å². The van der Waals surface area contributed by atoms with E-state index in [0.29, 0.717) is 25.7 Å². The molecule has 1 atom stereocenters. The highest BCUT2D eigenvalue weighted by molar-refractivity contribution is 7.92. The fraction of sp³-hybridized carbons (Fsp3) is 0.875.